The Kier molecular flexibility index (Phi) is 4.45. The summed E-state index contributed by atoms with van der Waals surface area (Å²) in [5.41, 5.74) is 0.643. The lowest BCUT2D eigenvalue weighted by Crippen LogP contribution is -2.47. The van der Waals surface area contributed by atoms with E-state index in [0.717, 1.165) is 16.5 Å². The number of fused-ring (bicyclic) bond motifs is 1. The van der Waals surface area contributed by atoms with Crippen molar-refractivity contribution in [2.75, 3.05) is 19.7 Å². The highest BCUT2D eigenvalue weighted by Gasteiger charge is 2.51. The minimum atomic E-state index is -1.13. The second-order valence-electron chi connectivity index (χ2n) is 8.53. The summed E-state index contributed by atoms with van der Waals surface area (Å²) >= 11 is 0. The summed E-state index contributed by atoms with van der Waals surface area (Å²) in [7, 11) is 0. The summed E-state index contributed by atoms with van der Waals surface area (Å²) in [6.45, 7) is 3.16. The Morgan fingerprint density at radius 2 is 1.80 bits per heavy atom. The zero-order valence-electron chi connectivity index (χ0n) is 16.9. The van der Waals surface area contributed by atoms with Gasteiger partial charge in [-0.25, -0.2) is 4.39 Å². The number of furan rings is 1. The summed E-state index contributed by atoms with van der Waals surface area (Å²) in [5.74, 6) is -0.0451. The number of carbonyl (C=O) groups excluding carboxylic acids is 1. The number of hydrogen-bond donors (Lipinski definition) is 1. The largest absolute Gasteiger partial charge is 0.451 e. The molecule has 3 aromatic rings. The molecule has 2 fully saturated rings. The fourth-order valence-corrected chi connectivity index (χ4v) is 4.81. The van der Waals surface area contributed by atoms with Gasteiger partial charge in [0.05, 0.1) is 12.2 Å². The molecule has 2 saturated heterocycles. The van der Waals surface area contributed by atoms with Crippen LogP contribution in [0.4, 0.5) is 4.39 Å². The molecule has 2 aromatic carbocycles. The van der Waals surface area contributed by atoms with Crippen molar-refractivity contribution in [3.8, 4) is 0 Å². The number of halogens is 1. The van der Waals surface area contributed by atoms with Crippen molar-refractivity contribution in [2.45, 2.75) is 37.4 Å². The molecule has 1 atom stereocenters. The summed E-state index contributed by atoms with van der Waals surface area (Å²) in [4.78, 5) is 14.9. The predicted octanol–water partition coefficient (Wildman–Crippen LogP) is 4.16. The van der Waals surface area contributed by atoms with Crippen LogP contribution in [0.1, 0.15) is 40.9 Å². The fourth-order valence-electron chi connectivity index (χ4n) is 4.81. The molecule has 0 aliphatic carbocycles. The van der Waals surface area contributed by atoms with E-state index in [0.29, 0.717) is 43.7 Å². The van der Waals surface area contributed by atoms with Crippen LogP contribution < -0.4 is 0 Å². The van der Waals surface area contributed by atoms with Gasteiger partial charge in [-0.1, -0.05) is 30.3 Å². The Balaban J connectivity index is 1.30. The summed E-state index contributed by atoms with van der Waals surface area (Å²) in [6, 6.07) is 13.6. The number of piperidine rings is 1. The number of rotatable bonds is 2. The average Bonchev–Trinajstić information content (AvgIpc) is 3.27. The Labute approximate surface area is 174 Å². The van der Waals surface area contributed by atoms with Gasteiger partial charge in [-0.05, 0) is 43.5 Å². The zero-order chi connectivity index (χ0) is 20.9. The minimum absolute atomic E-state index is 0.106. The normalized spacial score (nSPS) is 23.4. The van der Waals surface area contributed by atoms with Gasteiger partial charge in [-0.3, -0.25) is 4.79 Å². The number of amides is 1. The number of likely N-dealkylation sites (tertiary alicyclic amines) is 1. The van der Waals surface area contributed by atoms with E-state index in [1.165, 1.54) is 12.1 Å². The molecule has 3 heterocycles. The Hall–Kier alpha value is -2.70. The highest BCUT2D eigenvalue weighted by atomic mass is 19.1. The van der Waals surface area contributed by atoms with Gasteiger partial charge in [0, 0.05) is 30.5 Å². The molecular formula is C24H24FNO4. The molecule has 5 nitrogen and oxygen atoms in total. The van der Waals surface area contributed by atoms with E-state index in [-0.39, 0.29) is 18.3 Å². The monoisotopic (exact) mass is 409 g/mol. The van der Waals surface area contributed by atoms with Crippen LogP contribution in [0.25, 0.3) is 11.0 Å². The SMILES string of the molecule is Cc1c(C(=O)N2CCC3(CC2)C[C@](O)(c2ccc(F)cc2)CO3)oc2ccccc12. The fraction of sp³-hybridized carbons (Fsp3) is 0.375. The maximum Gasteiger partial charge on any atom is 0.289 e. The standard InChI is InChI=1S/C24H24FNO4/c1-16-19-4-2-3-5-20(19)30-21(16)22(27)26-12-10-23(11-13-26)14-24(28,15-29-23)17-6-8-18(25)9-7-17/h2-9,28H,10-15H2,1H3/t24-/m1/s1. The van der Waals surface area contributed by atoms with Gasteiger partial charge in [0.1, 0.15) is 17.0 Å². The van der Waals surface area contributed by atoms with E-state index in [2.05, 4.69) is 0 Å². The van der Waals surface area contributed by atoms with Crippen molar-refractivity contribution in [3.63, 3.8) is 0 Å². The van der Waals surface area contributed by atoms with Crippen LogP contribution in [-0.2, 0) is 10.3 Å². The number of ether oxygens (including phenoxy) is 1. The summed E-state index contributed by atoms with van der Waals surface area (Å²) < 4.78 is 25.2. The van der Waals surface area contributed by atoms with Gasteiger partial charge in [0.2, 0.25) is 0 Å². The maximum atomic E-state index is 13.2. The third kappa shape index (κ3) is 3.11. The zero-order valence-corrected chi connectivity index (χ0v) is 16.9. The van der Waals surface area contributed by atoms with Crippen molar-refractivity contribution in [1.82, 2.24) is 4.90 Å². The highest BCUT2D eigenvalue weighted by molar-refractivity contribution is 5.98. The van der Waals surface area contributed by atoms with Crippen LogP contribution in [0.2, 0.25) is 0 Å². The number of hydrogen-bond acceptors (Lipinski definition) is 4. The molecule has 1 N–H and O–H groups in total. The Bertz CT molecular complexity index is 1100. The van der Waals surface area contributed by atoms with Crippen LogP contribution in [0.5, 0.6) is 0 Å². The van der Waals surface area contributed by atoms with E-state index in [1.807, 2.05) is 31.2 Å². The minimum Gasteiger partial charge on any atom is -0.451 e. The molecule has 1 spiro atoms. The first kappa shape index (κ1) is 19.3. The first-order chi connectivity index (χ1) is 14.4. The highest BCUT2D eigenvalue weighted by Crippen LogP contribution is 2.45. The Morgan fingerprint density at radius 1 is 1.10 bits per heavy atom. The molecule has 0 bridgehead atoms. The molecule has 0 radical (unpaired) electrons. The number of aliphatic hydroxyl groups is 1. The number of aryl methyl sites for hydroxylation is 1. The molecule has 0 saturated carbocycles. The molecule has 2 aliphatic heterocycles. The lowest BCUT2D eigenvalue weighted by Gasteiger charge is -2.38. The predicted molar refractivity (Wildman–Crippen MR) is 110 cm³/mol. The molecule has 1 aromatic heterocycles. The number of para-hydroxylation sites is 1. The smallest absolute Gasteiger partial charge is 0.289 e. The van der Waals surface area contributed by atoms with Crippen LogP contribution in [0.3, 0.4) is 0 Å². The van der Waals surface area contributed by atoms with E-state index in [9.17, 15) is 14.3 Å². The summed E-state index contributed by atoms with van der Waals surface area (Å²) in [6.07, 6.45) is 1.72. The van der Waals surface area contributed by atoms with E-state index < -0.39 is 11.2 Å². The number of carbonyl (C=O) groups is 1. The first-order valence-corrected chi connectivity index (χ1v) is 10.3. The quantitative estimate of drug-likeness (QED) is 0.690. The molecule has 5 rings (SSSR count). The molecule has 0 unspecified atom stereocenters. The van der Waals surface area contributed by atoms with E-state index in [1.54, 1.807) is 17.0 Å². The van der Waals surface area contributed by atoms with Gasteiger partial charge in [-0.2, -0.15) is 0 Å². The molecule has 1 amide bonds. The topological polar surface area (TPSA) is 62.9 Å². The van der Waals surface area contributed by atoms with Crippen molar-refractivity contribution in [1.29, 1.82) is 0 Å². The maximum absolute atomic E-state index is 13.2. The van der Waals surface area contributed by atoms with Crippen LogP contribution in [0.15, 0.2) is 52.9 Å². The van der Waals surface area contributed by atoms with E-state index in [4.69, 9.17) is 9.15 Å². The van der Waals surface area contributed by atoms with Gasteiger partial charge in [-0.15, -0.1) is 0 Å². The van der Waals surface area contributed by atoms with Crippen molar-refractivity contribution < 1.29 is 23.4 Å². The lowest BCUT2D eigenvalue weighted by molar-refractivity contribution is -0.0434. The molecule has 2 aliphatic rings. The summed E-state index contributed by atoms with van der Waals surface area (Å²) in [5, 5.41) is 12.1. The van der Waals surface area contributed by atoms with Crippen LogP contribution >= 0.6 is 0 Å². The van der Waals surface area contributed by atoms with Crippen LogP contribution in [-0.4, -0.2) is 41.2 Å². The Morgan fingerprint density at radius 3 is 2.50 bits per heavy atom. The number of benzene rings is 2. The second-order valence-corrected chi connectivity index (χ2v) is 8.53. The molecule has 30 heavy (non-hydrogen) atoms. The molecular weight excluding hydrogens is 385 g/mol. The first-order valence-electron chi connectivity index (χ1n) is 10.3. The van der Waals surface area contributed by atoms with Gasteiger partial charge in [0.15, 0.2) is 5.76 Å². The van der Waals surface area contributed by atoms with E-state index >= 15 is 0 Å². The van der Waals surface area contributed by atoms with Crippen molar-refractivity contribution in [3.05, 3.63) is 71.2 Å². The third-order valence-electron chi connectivity index (χ3n) is 6.61. The number of nitrogens with zero attached hydrogens (tertiary/aromatic N) is 1. The molecule has 156 valence electrons. The third-order valence-corrected chi connectivity index (χ3v) is 6.61. The van der Waals surface area contributed by atoms with Crippen molar-refractivity contribution in [2.24, 2.45) is 0 Å². The van der Waals surface area contributed by atoms with Gasteiger partial charge in [0.25, 0.3) is 5.91 Å². The lowest BCUT2D eigenvalue weighted by atomic mass is 9.80. The average molecular weight is 409 g/mol. The van der Waals surface area contributed by atoms with Gasteiger partial charge >= 0.3 is 0 Å². The second kappa shape index (κ2) is 6.93. The molecule has 6 heteroatoms. The van der Waals surface area contributed by atoms with Crippen LogP contribution in [0, 0.1) is 12.7 Å². The van der Waals surface area contributed by atoms with Gasteiger partial charge < -0.3 is 19.2 Å². The van der Waals surface area contributed by atoms with Crippen molar-refractivity contribution >= 4 is 16.9 Å².